The largest absolute Gasteiger partial charge is 2.00 e. The second-order valence-electron chi connectivity index (χ2n) is 0.856. The van der Waals surface area contributed by atoms with Crippen LogP contribution in [0, 0.1) is 0 Å². The van der Waals surface area contributed by atoms with Crippen molar-refractivity contribution >= 4 is 0 Å². The molecule has 0 aromatic heterocycles. The number of hydrogen-bond donors (Lipinski definition) is 2. The fourth-order valence-electron chi connectivity index (χ4n) is 0. The van der Waals surface area contributed by atoms with Crippen molar-refractivity contribution in [1.29, 1.82) is 0 Å². The van der Waals surface area contributed by atoms with Crippen molar-refractivity contribution in [3.05, 3.63) is 0 Å². The third-order valence-corrected chi connectivity index (χ3v) is 0. The van der Waals surface area contributed by atoms with Gasteiger partial charge in [-0.15, -0.1) is 0 Å². The van der Waals surface area contributed by atoms with Crippen LogP contribution in [0.15, 0.2) is 0 Å². The molecule has 0 saturated heterocycles. The van der Waals surface area contributed by atoms with E-state index in [-0.39, 0.29) is 19.5 Å². The molecule has 64 valence electrons. The molecule has 11 heteroatoms. The summed E-state index contributed by atoms with van der Waals surface area (Å²) < 4.78 is 66.2. The average molecular weight is 299 g/mol. The van der Waals surface area contributed by atoms with Gasteiger partial charge in [0.05, 0.1) is 0 Å². The summed E-state index contributed by atoms with van der Waals surface area (Å²) in [7, 11) is 0. The Balaban J connectivity index is -0.000000107. The minimum absolute atomic E-state index is 0. The summed E-state index contributed by atoms with van der Waals surface area (Å²) in [5.41, 5.74) is 0. The molecular formula is H2Cr2O8Zn. The molecule has 0 bridgehead atoms. The van der Waals surface area contributed by atoms with Crippen LogP contribution in [-0.2, 0) is 61.9 Å². The van der Waals surface area contributed by atoms with E-state index >= 15 is 0 Å². The third-order valence-electron chi connectivity index (χ3n) is 0. The molecule has 0 amide bonds. The van der Waals surface area contributed by atoms with E-state index < -0.39 is 27.2 Å². The van der Waals surface area contributed by atoms with Crippen molar-refractivity contribution in [2.24, 2.45) is 0 Å². The van der Waals surface area contributed by atoms with Crippen LogP contribution in [0.1, 0.15) is 0 Å². The van der Waals surface area contributed by atoms with Gasteiger partial charge in [-0.2, -0.15) is 0 Å². The molecule has 0 unspecified atom stereocenters. The van der Waals surface area contributed by atoms with Gasteiger partial charge < -0.3 is 0 Å². The van der Waals surface area contributed by atoms with E-state index in [0.717, 1.165) is 0 Å². The minimum atomic E-state index is -5.75. The summed E-state index contributed by atoms with van der Waals surface area (Å²) in [5, 5.41) is 0. The molecule has 0 aliphatic heterocycles. The van der Waals surface area contributed by atoms with Crippen LogP contribution in [0.25, 0.3) is 0 Å². The van der Waals surface area contributed by atoms with Gasteiger partial charge in [0.2, 0.25) is 0 Å². The smallest absolute Gasteiger partial charge is 2.00 e. The zero-order valence-electron chi connectivity index (χ0n) is 4.87. The molecule has 0 radical (unpaired) electrons. The van der Waals surface area contributed by atoms with Crippen molar-refractivity contribution in [3.8, 4) is 0 Å². The van der Waals surface area contributed by atoms with Crippen molar-refractivity contribution in [2.75, 3.05) is 0 Å². The maximum absolute atomic E-state index is 8.82. The monoisotopic (exact) mass is 298 g/mol. The normalized spacial score (nSPS) is 10.5. The Kier molecular flexibility index (Phi) is 10.1. The molecule has 0 saturated carbocycles. The number of hydrogen-bond acceptors (Lipinski definition) is 6. The quantitative estimate of drug-likeness (QED) is 0.429. The molecule has 2 N–H and O–H groups in total. The van der Waals surface area contributed by atoms with Gasteiger partial charge in [0.15, 0.2) is 0 Å². The topological polar surface area (TPSA) is 155 Å². The predicted molar refractivity (Wildman–Crippen MR) is 7.18 cm³/mol. The first-order valence-electron chi connectivity index (χ1n) is 1.37. The third kappa shape index (κ3) is 1540. The van der Waals surface area contributed by atoms with Gasteiger partial charge in [-0.05, 0) is 0 Å². The fourth-order valence-corrected chi connectivity index (χ4v) is 0. The first-order valence-corrected chi connectivity index (χ1v) is 5.63. The van der Waals surface area contributed by atoms with Crippen LogP contribution < -0.4 is 8.32 Å². The van der Waals surface area contributed by atoms with Gasteiger partial charge in [-0.1, -0.05) is 0 Å². The van der Waals surface area contributed by atoms with Crippen LogP contribution in [0.4, 0.5) is 0 Å². The van der Waals surface area contributed by atoms with Crippen LogP contribution in [0.3, 0.4) is 0 Å². The Morgan fingerprint density at radius 3 is 0.909 bits per heavy atom. The zero-order chi connectivity index (χ0) is 9.00. The van der Waals surface area contributed by atoms with Crippen molar-refractivity contribution in [1.82, 2.24) is 0 Å². The zero-order valence-corrected chi connectivity index (χ0v) is 10.4. The molecule has 0 atom stereocenters. The standard InChI is InChI=1S/2Cr.2H2O.6O.Zn/h;;2*1H2;;;;;;;/q;+2;;;;;;;2*-1;+2/p-2. The van der Waals surface area contributed by atoms with Crippen LogP contribution >= 0.6 is 0 Å². The van der Waals surface area contributed by atoms with Crippen molar-refractivity contribution in [2.45, 2.75) is 0 Å². The van der Waals surface area contributed by atoms with Gasteiger partial charge in [0.25, 0.3) is 0 Å². The van der Waals surface area contributed by atoms with E-state index in [1.165, 1.54) is 0 Å². The molecule has 0 aromatic rings. The van der Waals surface area contributed by atoms with Gasteiger partial charge >= 0.3 is 78.6 Å². The molecule has 0 aliphatic carbocycles. The molecule has 0 fully saturated rings. The maximum atomic E-state index is 8.82. The van der Waals surface area contributed by atoms with Crippen LogP contribution in [0.2, 0.25) is 0 Å². The fraction of sp³-hybridized carbons (Fsp3) is 0. The second-order valence-corrected chi connectivity index (χ2v) is 3.53. The molecule has 11 heavy (non-hydrogen) atoms. The second kappa shape index (κ2) is 6.27. The summed E-state index contributed by atoms with van der Waals surface area (Å²) in [5.74, 6) is 0. The molecule has 0 spiro atoms. The first kappa shape index (κ1) is 17.7. The van der Waals surface area contributed by atoms with E-state index in [1.54, 1.807) is 0 Å². The summed E-state index contributed by atoms with van der Waals surface area (Å²) in [4.78, 5) is 0. The van der Waals surface area contributed by atoms with Crippen molar-refractivity contribution < 1.29 is 78.6 Å². The Bertz CT molecular complexity index is 208. The number of rotatable bonds is 0. The Morgan fingerprint density at radius 2 is 0.909 bits per heavy atom. The SMILES string of the molecule is [O]=[Cr](=[O])([O-])[O-].[O]=[Cr](=[O])([OH])[OH].[Zn+2]. The summed E-state index contributed by atoms with van der Waals surface area (Å²) in [6.45, 7) is 0. The van der Waals surface area contributed by atoms with Crippen LogP contribution in [-0.4, -0.2) is 8.32 Å². The molecule has 0 rings (SSSR count). The van der Waals surface area contributed by atoms with E-state index in [1.807, 2.05) is 0 Å². The molecule has 0 heterocycles. The Labute approximate surface area is 78.4 Å². The molecule has 0 aliphatic rings. The first-order chi connectivity index (χ1) is 4.00. The van der Waals surface area contributed by atoms with Gasteiger partial charge in [-0.3, -0.25) is 0 Å². The van der Waals surface area contributed by atoms with E-state index in [4.69, 9.17) is 31.8 Å². The Morgan fingerprint density at radius 1 is 0.909 bits per heavy atom. The van der Waals surface area contributed by atoms with E-state index in [0.29, 0.717) is 0 Å². The predicted octanol–water partition coefficient (Wildman–Crippen LogP) is -3.97. The maximum Gasteiger partial charge on any atom is 2.00 e. The Hall–Kier alpha value is 0.728. The average Bonchev–Trinajstić information content (AvgIpc) is 1.12. The molecular weight excluding hydrogens is 297 g/mol. The summed E-state index contributed by atoms with van der Waals surface area (Å²) in [6, 6.07) is 0. The van der Waals surface area contributed by atoms with Gasteiger partial charge in [0.1, 0.15) is 0 Å². The molecule has 8 nitrogen and oxygen atoms in total. The summed E-state index contributed by atoms with van der Waals surface area (Å²) >= 11 is -11.0. The minimum Gasteiger partial charge on any atom is 2.00 e. The molecule has 0 aromatic carbocycles. The van der Waals surface area contributed by atoms with Crippen molar-refractivity contribution in [3.63, 3.8) is 0 Å². The van der Waals surface area contributed by atoms with Crippen LogP contribution in [0.5, 0.6) is 0 Å². The van der Waals surface area contributed by atoms with Gasteiger partial charge in [0, 0.05) is 0 Å². The van der Waals surface area contributed by atoms with Gasteiger partial charge in [-0.25, -0.2) is 0 Å². The summed E-state index contributed by atoms with van der Waals surface area (Å²) in [6.07, 6.45) is 0. The van der Waals surface area contributed by atoms with E-state index in [9.17, 15) is 0 Å². The van der Waals surface area contributed by atoms with E-state index in [2.05, 4.69) is 0 Å².